The number of nitrogens with two attached hydrogens (primary N) is 1. The molecule has 0 aliphatic carbocycles. The first kappa shape index (κ1) is 14.3. The highest BCUT2D eigenvalue weighted by atomic mass is 32.1. The molecule has 0 bridgehead atoms. The van der Waals surface area contributed by atoms with Crippen LogP contribution in [-0.2, 0) is 12.8 Å². The number of nitrogens with one attached hydrogen (secondary N) is 1. The minimum atomic E-state index is 0.151. The lowest BCUT2D eigenvalue weighted by molar-refractivity contribution is 0.556. The van der Waals surface area contributed by atoms with E-state index in [9.17, 15) is 0 Å². The van der Waals surface area contributed by atoms with Gasteiger partial charge < -0.3 is 0 Å². The summed E-state index contributed by atoms with van der Waals surface area (Å²) in [5.41, 5.74) is 4.20. The molecule has 3 aromatic rings. The van der Waals surface area contributed by atoms with Gasteiger partial charge in [-0.05, 0) is 41.0 Å². The van der Waals surface area contributed by atoms with Gasteiger partial charge in [-0.25, -0.2) is 0 Å². The molecule has 1 heterocycles. The van der Waals surface area contributed by atoms with Gasteiger partial charge in [-0.1, -0.05) is 43.3 Å². The number of hydrogen-bond acceptors (Lipinski definition) is 3. The Labute approximate surface area is 129 Å². The van der Waals surface area contributed by atoms with E-state index in [1.807, 2.05) is 11.3 Å². The molecule has 0 radical (unpaired) electrons. The largest absolute Gasteiger partial charge is 0.271 e. The van der Waals surface area contributed by atoms with Crippen LogP contribution in [0.1, 0.15) is 28.3 Å². The number of rotatable bonds is 5. The molecule has 1 aromatic heterocycles. The topological polar surface area (TPSA) is 38.0 Å². The van der Waals surface area contributed by atoms with Crippen molar-refractivity contribution in [3.63, 3.8) is 0 Å². The molecular formula is C18H20N2S. The Bertz CT molecular complexity index is 733. The number of thiophene rings is 1. The monoisotopic (exact) mass is 296 g/mol. The maximum atomic E-state index is 5.79. The van der Waals surface area contributed by atoms with Gasteiger partial charge in [-0.15, -0.1) is 11.3 Å². The minimum absolute atomic E-state index is 0.151. The van der Waals surface area contributed by atoms with Crippen LogP contribution in [0.25, 0.3) is 10.8 Å². The zero-order valence-corrected chi connectivity index (χ0v) is 13.0. The van der Waals surface area contributed by atoms with Crippen LogP contribution < -0.4 is 11.3 Å². The summed E-state index contributed by atoms with van der Waals surface area (Å²) in [6, 6.07) is 19.6. The summed E-state index contributed by atoms with van der Waals surface area (Å²) in [5, 5.41) is 2.53. The van der Waals surface area contributed by atoms with Crippen molar-refractivity contribution in [1.82, 2.24) is 5.43 Å². The van der Waals surface area contributed by atoms with E-state index in [1.165, 1.54) is 26.1 Å². The second kappa shape index (κ2) is 6.39. The van der Waals surface area contributed by atoms with Crippen molar-refractivity contribution in [2.75, 3.05) is 0 Å². The van der Waals surface area contributed by atoms with Crippen molar-refractivity contribution >= 4 is 22.1 Å². The second-order valence-electron chi connectivity index (χ2n) is 5.25. The van der Waals surface area contributed by atoms with E-state index in [1.54, 1.807) is 0 Å². The smallest absolute Gasteiger partial charge is 0.0508 e. The van der Waals surface area contributed by atoms with E-state index < -0.39 is 0 Å². The molecule has 2 aromatic carbocycles. The summed E-state index contributed by atoms with van der Waals surface area (Å²) < 4.78 is 0. The van der Waals surface area contributed by atoms with Gasteiger partial charge in [0.2, 0.25) is 0 Å². The molecular weight excluding hydrogens is 276 g/mol. The minimum Gasteiger partial charge on any atom is -0.271 e. The van der Waals surface area contributed by atoms with Crippen molar-refractivity contribution in [1.29, 1.82) is 0 Å². The Morgan fingerprint density at radius 3 is 2.48 bits per heavy atom. The van der Waals surface area contributed by atoms with Crippen LogP contribution in [0.5, 0.6) is 0 Å². The zero-order valence-electron chi connectivity index (χ0n) is 12.2. The molecule has 108 valence electrons. The second-order valence-corrected chi connectivity index (χ2v) is 6.50. The van der Waals surface area contributed by atoms with E-state index in [4.69, 9.17) is 5.84 Å². The van der Waals surface area contributed by atoms with Crippen LogP contribution >= 0.6 is 11.3 Å². The van der Waals surface area contributed by atoms with Gasteiger partial charge in [0.05, 0.1) is 6.04 Å². The lowest BCUT2D eigenvalue weighted by Crippen LogP contribution is -2.29. The maximum absolute atomic E-state index is 5.79. The molecule has 3 rings (SSSR count). The highest BCUT2D eigenvalue weighted by molar-refractivity contribution is 7.11. The van der Waals surface area contributed by atoms with Gasteiger partial charge in [0, 0.05) is 16.2 Å². The number of benzene rings is 2. The van der Waals surface area contributed by atoms with Crippen molar-refractivity contribution < 1.29 is 0 Å². The Morgan fingerprint density at radius 2 is 1.76 bits per heavy atom. The van der Waals surface area contributed by atoms with Crippen molar-refractivity contribution in [2.24, 2.45) is 5.84 Å². The third kappa shape index (κ3) is 3.16. The van der Waals surface area contributed by atoms with Crippen molar-refractivity contribution in [3.05, 3.63) is 69.9 Å². The zero-order chi connectivity index (χ0) is 14.7. The van der Waals surface area contributed by atoms with Crippen LogP contribution in [0.2, 0.25) is 0 Å². The molecule has 2 nitrogen and oxygen atoms in total. The average molecular weight is 296 g/mol. The maximum Gasteiger partial charge on any atom is 0.0508 e. The lowest BCUT2D eigenvalue weighted by Gasteiger charge is -2.16. The molecule has 0 aliphatic rings. The summed E-state index contributed by atoms with van der Waals surface area (Å²) in [6.07, 6.45) is 2.03. The molecule has 0 saturated heterocycles. The number of fused-ring (bicyclic) bond motifs is 1. The highest BCUT2D eigenvalue weighted by Gasteiger charge is 2.12. The molecule has 0 amide bonds. The molecule has 1 atom stereocenters. The average Bonchev–Trinajstić information content (AvgIpc) is 3.00. The van der Waals surface area contributed by atoms with Crippen molar-refractivity contribution in [3.8, 4) is 0 Å². The van der Waals surface area contributed by atoms with E-state index in [0.717, 1.165) is 12.8 Å². The first-order valence-corrected chi connectivity index (χ1v) is 8.14. The summed E-state index contributed by atoms with van der Waals surface area (Å²) in [6.45, 7) is 2.19. The third-order valence-corrected chi connectivity index (χ3v) is 5.10. The predicted octanol–water partition coefficient (Wildman–Crippen LogP) is 4.21. The van der Waals surface area contributed by atoms with Gasteiger partial charge in [-0.3, -0.25) is 11.3 Å². The van der Waals surface area contributed by atoms with Crippen molar-refractivity contribution in [2.45, 2.75) is 25.8 Å². The Morgan fingerprint density at radius 1 is 1.00 bits per heavy atom. The van der Waals surface area contributed by atoms with Gasteiger partial charge in [0.1, 0.15) is 0 Å². The summed E-state index contributed by atoms with van der Waals surface area (Å²) in [7, 11) is 0. The predicted molar refractivity (Wildman–Crippen MR) is 91.4 cm³/mol. The SMILES string of the molecule is CCc1ccc(CC(NN)c2ccc3ccccc3c2)s1. The van der Waals surface area contributed by atoms with Crippen LogP contribution in [0, 0.1) is 0 Å². The molecule has 3 heteroatoms. The Kier molecular flexibility index (Phi) is 4.34. The molecule has 0 saturated carbocycles. The Hall–Kier alpha value is -1.68. The quantitative estimate of drug-likeness (QED) is 0.547. The van der Waals surface area contributed by atoms with Gasteiger partial charge in [0.15, 0.2) is 0 Å². The van der Waals surface area contributed by atoms with Gasteiger partial charge in [-0.2, -0.15) is 0 Å². The first-order valence-electron chi connectivity index (χ1n) is 7.32. The molecule has 21 heavy (non-hydrogen) atoms. The Balaban J connectivity index is 1.86. The molecule has 0 fully saturated rings. The van der Waals surface area contributed by atoms with Crippen LogP contribution in [0.15, 0.2) is 54.6 Å². The number of hydrogen-bond donors (Lipinski definition) is 2. The fraction of sp³-hybridized carbons (Fsp3) is 0.222. The molecule has 0 aliphatic heterocycles. The third-order valence-electron chi connectivity index (χ3n) is 3.85. The fourth-order valence-electron chi connectivity index (χ4n) is 2.62. The summed E-state index contributed by atoms with van der Waals surface area (Å²) >= 11 is 1.88. The van der Waals surface area contributed by atoms with Gasteiger partial charge >= 0.3 is 0 Å². The van der Waals surface area contributed by atoms with Crippen LogP contribution in [-0.4, -0.2) is 0 Å². The van der Waals surface area contributed by atoms with E-state index in [2.05, 4.69) is 66.9 Å². The van der Waals surface area contributed by atoms with Crippen LogP contribution in [0.3, 0.4) is 0 Å². The molecule has 3 N–H and O–H groups in total. The van der Waals surface area contributed by atoms with E-state index >= 15 is 0 Å². The van der Waals surface area contributed by atoms with Crippen LogP contribution in [0.4, 0.5) is 0 Å². The number of aryl methyl sites for hydroxylation is 1. The van der Waals surface area contributed by atoms with Gasteiger partial charge in [0.25, 0.3) is 0 Å². The normalized spacial score (nSPS) is 12.7. The summed E-state index contributed by atoms with van der Waals surface area (Å²) in [4.78, 5) is 2.81. The standard InChI is InChI=1S/C18H20N2S/c1-2-16-9-10-17(21-16)12-18(20-19)15-8-7-13-5-3-4-6-14(13)11-15/h3-11,18,20H,2,12,19H2,1H3. The van der Waals surface area contributed by atoms with E-state index in [-0.39, 0.29) is 6.04 Å². The lowest BCUT2D eigenvalue weighted by atomic mass is 10.00. The summed E-state index contributed by atoms with van der Waals surface area (Å²) in [5.74, 6) is 5.79. The number of hydrazine groups is 1. The van der Waals surface area contributed by atoms with E-state index in [0.29, 0.717) is 0 Å². The highest BCUT2D eigenvalue weighted by Crippen LogP contribution is 2.26. The molecule has 0 spiro atoms. The molecule has 1 unspecified atom stereocenters. The fourth-order valence-corrected chi connectivity index (χ4v) is 3.62. The first-order chi connectivity index (χ1) is 10.3.